The van der Waals surface area contributed by atoms with Crippen molar-refractivity contribution in [2.75, 3.05) is 11.5 Å². The van der Waals surface area contributed by atoms with Gasteiger partial charge in [0.05, 0.1) is 0 Å². The molecule has 0 bridgehead atoms. The van der Waals surface area contributed by atoms with Gasteiger partial charge in [0.2, 0.25) is 0 Å². The maximum absolute atomic E-state index is 5.88. The molecule has 0 aliphatic heterocycles. The van der Waals surface area contributed by atoms with E-state index in [0.29, 0.717) is 5.38 Å². The summed E-state index contributed by atoms with van der Waals surface area (Å²) in [6.45, 7) is 6.57. The quantitative estimate of drug-likeness (QED) is 0.458. The number of halogens is 1. The minimum atomic E-state index is 0.344. The molecule has 0 nitrogen and oxygen atoms in total. The van der Waals surface area contributed by atoms with Crippen LogP contribution in [-0.4, -0.2) is 16.9 Å². The summed E-state index contributed by atoms with van der Waals surface area (Å²) in [5, 5.41) is 0.344. The Bertz CT molecular complexity index is 83.6. The molecule has 0 spiro atoms. The monoisotopic (exact) mass is 194 g/mol. The molecular weight excluding hydrogens is 176 g/mol. The number of thioether (sulfide) groups is 1. The van der Waals surface area contributed by atoms with Crippen LogP contribution >= 0.6 is 23.4 Å². The zero-order chi connectivity index (χ0) is 8.69. The molecule has 0 N–H and O–H groups in total. The number of hydrogen-bond acceptors (Lipinski definition) is 1. The van der Waals surface area contributed by atoms with Crippen molar-refractivity contribution >= 4 is 23.4 Å². The molecule has 0 amide bonds. The van der Waals surface area contributed by atoms with Crippen molar-refractivity contribution in [2.45, 2.75) is 39.0 Å². The molecule has 2 unspecified atom stereocenters. The van der Waals surface area contributed by atoms with Crippen molar-refractivity contribution < 1.29 is 0 Å². The fourth-order valence-corrected chi connectivity index (χ4v) is 2.26. The summed E-state index contributed by atoms with van der Waals surface area (Å²) in [6, 6.07) is 0. The van der Waals surface area contributed by atoms with Crippen molar-refractivity contribution in [3.8, 4) is 0 Å². The SMILES string of the molecule is CCSCCC(C)CC(C)Cl. The largest absolute Gasteiger partial charge is 0.162 e. The Morgan fingerprint density at radius 3 is 2.45 bits per heavy atom. The molecule has 0 saturated carbocycles. The summed E-state index contributed by atoms with van der Waals surface area (Å²) in [4.78, 5) is 0. The van der Waals surface area contributed by atoms with Crippen molar-refractivity contribution in [3.63, 3.8) is 0 Å². The lowest BCUT2D eigenvalue weighted by atomic mass is 10.0. The highest BCUT2D eigenvalue weighted by molar-refractivity contribution is 7.99. The van der Waals surface area contributed by atoms with Gasteiger partial charge < -0.3 is 0 Å². The van der Waals surface area contributed by atoms with Crippen LogP contribution in [-0.2, 0) is 0 Å². The lowest BCUT2D eigenvalue weighted by Gasteiger charge is -2.11. The van der Waals surface area contributed by atoms with Crippen LogP contribution in [0.15, 0.2) is 0 Å². The number of rotatable bonds is 6. The van der Waals surface area contributed by atoms with Crippen LogP contribution < -0.4 is 0 Å². The minimum Gasteiger partial charge on any atom is -0.162 e. The van der Waals surface area contributed by atoms with E-state index in [1.807, 2.05) is 11.8 Å². The standard InChI is InChI=1S/C9H19ClS/c1-4-11-6-5-8(2)7-9(3)10/h8-9H,4-7H2,1-3H3. The highest BCUT2D eigenvalue weighted by Crippen LogP contribution is 2.16. The van der Waals surface area contributed by atoms with Crippen molar-refractivity contribution in [1.82, 2.24) is 0 Å². The molecular formula is C9H19ClS. The minimum absolute atomic E-state index is 0.344. The van der Waals surface area contributed by atoms with Crippen molar-refractivity contribution in [3.05, 3.63) is 0 Å². The van der Waals surface area contributed by atoms with E-state index in [1.165, 1.54) is 17.9 Å². The topological polar surface area (TPSA) is 0 Å². The van der Waals surface area contributed by atoms with E-state index in [0.717, 1.165) is 12.3 Å². The first-order valence-corrected chi connectivity index (χ1v) is 5.97. The van der Waals surface area contributed by atoms with Crippen LogP contribution in [0, 0.1) is 5.92 Å². The maximum Gasteiger partial charge on any atom is 0.0310 e. The molecule has 0 saturated heterocycles. The molecule has 11 heavy (non-hydrogen) atoms. The van der Waals surface area contributed by atoms with Crippen LogP contribution in [0.25, 0.3) is 0 Å². The van der Waals surface area contributed by atoms with Crippen LogP contribution in [0.5, 0.6) is 0 Å². The van der Waals surface area contributed by atoms with Gasteiger partial charge in [-0.3, -0.25) is 0 Å². The molecule has 0 aromatic carbocycles. The Morgan fingerprint density at radius 2 is 2.00 bits per heavy atom. The number of hydrogen-bond donors (Lipinski definition) is 0. The average molecular weight is 195 g/mol. The lowest BCUT2D eigenvalue weighted by Crippen LogP contribution is -2.03. The van der Waals surface area contributed by atoms with E-state index in [-0.39, 0.29) is 0 Å². The van der Waals surface area contributed by atoms with Gasteiger partial charge in [0, 0.05) is 5.38 Å². The summed E-state index contributed by atoms with van der Waals surface area (Å²) >= 11 is 7.90. The fraction of sp³-hybridized carbons (Fsp3) is 1.00. The van der Waals surface area contributed by atoms with Gasteiger partial charge in [-0.15, -0.1) is 11.6 Å². The highest BCUT2D eigenvalue weighted by atomic mass is 35.5. The summed E-state index contributed by atoms with van der Waals surface area (Å²) in [6.07, 6.45) is 2.47. The molecule has 0 rings (SSSR count). The zero-order valence-corrected chi connectivity index (χ0v) is 9.34. The molecule has 0 aliphatic rings. The number of alkyl halides is 1. The van der Waals surface area contributed by atoms with Crippen molar-refractivity contribution in [1.29, 1.82) is 0 Å². The zero-order valence-electron chi connectivity index (χ0n) is 7.77. The molecule has 0 aromatic heterocycles. The van der Waals surface area contributed by atoms with E-state index in [4.69, 9.17) is 11.6 Å². The first-order valence-electron chi connectivity index (χ1n) is 4.38. The van der Waals surface area contributed by atoms with Crippen LogP contribution in [0.1, 0.15) is 33.6 Å². The molecule has 2 atom stereocenters. The normalized spacial score (nSPS) is 16.4. The van der Waals surface area contributed by atoms with E-state index in [2.05, 4.69) is 20.8 Å². The summed E-state index contributed by atoms with van der Waals surface area (Å²) < 4.78 is 0. The molecule has 0 radical (unpaired) electrons. The fourth-order valence-electron chi connectivity index (χ4n) is 1.10. The van der Waals surface area contributed by atoms with Gasteiger partial charge in [0.25, 0.3) is 0 Å². The predicted octanol–water partition coefficient (Wildman–Crippen LogP) is 3.78. The maximum atomic E-state index is 5.88. The van der Waals surface area contributed by atoms with Gasteiger partial charge in [-0.1, -0.05) is 13.8 Å². The first-order chi connectivity index (χ1) is 5.16. The second-order valence-electron chi connectivity index (χ2n) is 3.11. The average Bonchev–Trinajstić information content (AvgIpc) is 1.86. The molecule has 68 valence electrons. The molecule has 0 aromatic rings. The Labute approximate surface area is 80.1 Å². The van der Waals surface area contributed by atoms with E-state index in [9.17, 15) is 0 Å². The second kappa shape index (κ2) is 7.30. The van der Waals surface area contributed by atoms with E-state index in [1.54, 1.807) is 0 Å². The first kappa shape index (κ1) is 11.6. The summed E-state index contributed by atoms with van der Waals surface area (Å²) in [5.74, 6) is 3.33. The highest BCUT2D eigenvalue weighted by Gasteiger charge is 2.05. The summed E-state index contributed by atoms with van der Waals surface area (Å²) in [5.41, 5.74) is 0. The Balaban J connectivity index is 3.15. The molecule has 0 aliphatic carbocycles. The lowest BCUT2D eigenvalue weighted by molar-refractivity contribution is 0.517. The smallest absolute Gasteiger partial charge is 0.0310 e. The van der Waals surface area contributed by atoms with Gasteiger partial charge in [-0.25, -0.2) is 0 Å². The molecule has 0 fully saturated rings. The molecule has 2 heteroatoms. The third kappa shape index (κ3) is 8.55. The molecule has 0 heterocycles. The van der Waals surface area contributed by atoms with Gasteiger partial charge in [0.15, 0.2) is 0 Å². The Hall–Kier alpha value is 0.640. The second-order valence-corrected chi connectivity index (χ2v) is 5.25. The Kier molecular flexibility index (Phi) is 7.72. The van der Waals surface area contributed by atoms with Gasteiger partial charge >= 0.3 is 0 Å². The van der Waals surface area contributed by atoms with Gasteiger partial charge in [0.1, 0.15) is 0 Å². The van der Waals surface area contributed by atoms with E-state index < -0.39 is 0 Å². The van der Waals surface area contributed by atoms with Crippen LogP contribution in [0.2, 0.25) is 0 Å². The summed E-state index contributed by atoms with van der Waals surface area (Å²) in [7, 11) is 0. The van der Waals surface area contributed by atoms with Crippen molar-refractivity contribution in [2.24, 2.45) is 5.92 Å². The van der Waals surface area contributed by atoms with Gasteiger partial charge in [-0.2, -0.15) is 11.8 Å². The predicted molar refractivity (Wildman–Crippen MR) is 56.7 cm³/mol. The van der Waals surface area contributed by atoms with Crippen LogP contribution in [0.3, 0.4) is 0 Å². The Morgan fingerprint density at radius 1 is 1.36 bits per heavy atom. The van der Waals surface area contributed by atoms with E-state index >= 15 is 0 Å². The third-order valence-electron chi connectivity index (χ3n) is 1.69. The third-order valence-corrected chi connectivity index (χ3v) is 2.80. The van der Waals surface area contributed by atoms with Gasteiger partial charge in [-0.05, 0) is 37.2 Å². The van der Waals surface area contributed by atoms with Crippen LogP contribution in [0.4, 0.5) is 0 Å².